The van der Waals surface area contributed by atoms with Gasteiger partial charge in [-0.3, -0.25) is 4.40 Å². The molecule has 0 bridgehead atoms. The highest BCUT2D eigenvalue weighted by Crippen LogP contribution is 2.27. The molecule has 0 amide bonds. The molecule has 4 nitrogen and oxygen atoms in total. The second-order valence-corrected chi connectivity index (χ2v) is 5.38. The number of carbonyl (C=O) groups is 1. The van der Waals surface area contributed by atoms with E-state index in [1.165, 1.54) is 11.3 Å². The zero-order valence-electron chi connectivity index (χ0n) is 9.62. The number of aromatic nitrogens is 2. The molecule has 0 aromatic carbocycles. The van der Waals surface area contributed by atoms with E-state index in [0.717, 1.165) is 15.5 Å². The standard InChI is InChI=1S/C12H10N2O2S2/c1-2-16-11(15)9-7-18-12-13-8(6-14(9)12)10-4-3-5-17-10/h3-7H,2H2,1H3. The SMILES string of the molecule is CCOC(=O)c1csc2nc(-c3cccs3)cn12. The first-order valence-electron chi connectivity index (χ1n) is 5.47. The largest absolute Gasteiger partial charge is 0.461 e. The highest BCUT2D eigenvalue weighted by atomic mass is 32.1. The zero-order valence-corrected chi connectivity index (χ0v) is 11.3. The molecule has 0 N–H and O–H groups in total. The molecule has 3 rings (SSSR count). The van der Waals surface area contributed by atoms with Crippen LogP contribution in [-0.4, -0.2) is 22.0 Å². The molecule has 18 heavy (non-hydrogen) atoms. The van der Waals surface area contributed by atoms with Crippen LogP contribution >= 0.6 is 22.7 Å². The van der Waals surface area contributed by atoms with Gasteiger partial charge in [0.2, 0.25) is 0 Å². The van der Waals surface area contributed by atoms with Gasteiger partial charge in [-0.1, -0.05) is 6.07 Å². The van der Waals surface area contributed by atoms with Crippen molar-refractivity contribution in [1.29, 1.82) is 0 Å². The van der Waals surface area contributed by atoms with Crippen molar-refractivity contribution in [2.24, 2.45) is 0 Å². The van der Waals surface area contributed by atoms with E-state index >= 15 is 0 Å². The van der Waals surface area contributed by atoms with Crippen LogP contribution in [0.1, 0.15) is 17.4 Å². The lowest BCUT2D eigenvalue weighted by Gasteiger charge is -1.98. The fourth-order valence-electron chi connectivity index (χ4n) is 1.68. The van der Waals surface area contributed by atoms with Crippen LogP contribution in [0.4, 0.5) is 0 Å². The monoisotopic (exact) mass is 278 g/mol. The molecular formula is C12H10N2O2S2. The Labute approximate surface area is 111 Å². The Hall–Kier alpha value is -1.66. The van der Waals surface area contributed by atoms with Crippen molar-refractivity contribution in [2.75, 3.05) is 6.61 Å². The summed E-state index contributed by atoms with van der Waals surface area (Å²) in [7, 11) is 0. The molecule has 0 aliphatic carbocycles. The minimum absolute atomic E-state index is 0.307. The summed E-state index contributed by atoms with van der Waals surface area (Å²) >= 11 is 3.07. The van der Waals surface area contributed by atoms with E-state index in [2.05, 4.69) is 4.98 Å². The van der Waals surface area contributed by atoms with Crippen LogP contribution in [0.5, 0.6) is 0 Å². The predicted octanol–water partition coefficient (Wildman–Crippen LogP) is 3.30. The number of nitrogens with zero attached hydrogens (tertiary/aromatic N) is 2. The molecule has 3 aromatic heterocycles. The van der Waals surface area contributed by atoms with Gasteiger partial charge < -0.3 is 4.74 Å². The third-order valence-corrected chi connectivity index (χ3v) is 4.20. The zero-order chi connectivity index (χ0) is 12.5. The molecule has 6 heteroatoms. The fourth-order valence-corrected chi connectivity index (χ4v) is 3.20. The summed E-state index contributed by atoms with van der Waals surface area (Å²) in [4.78, 5) is 18.2. The van der Waals surface area contributed by atoms with Gasteiger partial charge in [-0.2, -0.15) is 0 Å². The van der Waals surface area contributed by atoms with Crippen molar-refractivity contribution < 1.29 is 9.53 Å². The van der Waals surface area contributed by atoms with Crippen molar-refractivity contribution in [1.82, 2.24) is 9.38 Å². The number of thiazole rings is 1. The van der Waals surface area contributed by atoms with E-state index in [0.29, 0.717) is 12.3 Å². The summed E-state index contributed by atoms with van der Waals surface area (Å²) in [5.41, 5.74) is 1.43. The quantitative estimate of drug-likeness (QED) is 0.690. The van der Waals surface area contributed by atoms with E-state index in [1.807, 2.05) is 23.7 Å². The third-order valence-electron chi connectivity index (χ3n) is 2.47. The third kappa shape index (κ3) is 1.83. The average molecular weight is 278 g/mol. The van der Waals surface area contributed by atoms with E-state index in [9.17, 15) is 4.79 Å². The first kappa shape index (κ1) is 11.4. The Balaban J connectivity index is 2.06. The highest BCUT2D eigenvalue weighted by Gasteiger charge is 2.16. The molecule has 92 valence electrons. The van der Waals surface area contributed by atoms with Crippen molar-refractivity contribution in [2.45, 2.75) is 6.92 Å². The molecule has 3 heterocycles. The van der Waals surface area contributed by atoms with Crippen LogP contribution < -0.4 is 0 Å². The minimum Gasteiger partial charge on any atom is -0.461 e. The molecule has 0 saturated carbocycles. The number of fused-ring (bicyclic) bond motifs is 1. The lowest BCUT2D eigenvalue weighted by atomic mass is 10.4. The van der Waals surface area contributed by atoms with Crippen LogP contribution in [-0.2, 0) is 4.74 Å². The summed E-state index contributed by atoms with van der Waals surface area (Å²) in [5, 5.41) is 3.79. The summed E-state index contributed by atoms with van der Waals surface area (Å²) in [6.45, 7) is 2.18. The molecule has 0 aliphatic heterocycles. The minimum atomic E-state index is -0.307. The van der Waals surface area contributed by atoms with Gasteiger partial charge in [0.15, 0.2) is 4.96 Å². The van der Waals surface area contributed by atoms with E-state index < -0.39 is 0 Å². The van der Waals surface area contributed by atoms with Crippen LogP contribution in [0.2, 0.25) is 0 Å². The predicted molar refractivity (Wildman–Crippen MR) is 72.3 cm³/mol. The van der Waals surface area contributed by atoms with E-state index in [1.54, 1.807) is 28.0 Å². The Bertz CT molecular complexity index is 682. The Morgan fingerprint density at radius 3 is 3.11 bits per heavy atom. The number of hydrogen-bond donors (Lipinski definition) is 0. The number of thiophene rings is 1. The molecule has 0 atom stereocenters. The highest BCUT2D eigenvalue weighted by molar-refractivity contribution is 7.15. The van der Waals surface area contributed by atoms with E-state index in [-0.39, 0.29) is 5.97 Å². The molecule has 0 spiro atoms. The van der Waals surface area contributed by atoms with Crippen LogP contribution in [0.3, 0.4) is 0 Å². The van der Waals surface area contributed by atoms with Gasteiger partial charge in [-0.25, -0.2) is 9.78 Å². The molecule has 0 radical (unpaired) electrons. The number of imidazole rings is 1. The van der Waals surface area contributed by atoms with Crippen molar-refractivity contribution in [3.8, 4) is 10.6 Å². The maximum absolute atomic E-state index is 11.8. The molecule has 0 aliphatic rings. The van der Waals surface area contributed by atoms with Gasteiger partial charge in [0, 0.05) is 11.6 Å². The summed E-state index contributed by atoms with van der Waals surface area (Å²) in [6.07, 6.45) is 1.88. The topological polar surface area (TPSA) is 43.6 Å². The van der Waals surface area contributed by atoms with Gasteiger partial charge in [-0.05, 0) is 18.4 Å². The molecular weight excluding hydrogens is 268 g/mol. The van der Waals surface area contributed by atoms with Gasteiger partial charge in [-0.15, -0.1) is 22.7 Å². The summed E-state index contributed by atoms with van der Waals surface area (Å²) < 4.78 is 6.81. The van der Waals surface area contributed by atoms with E-state index in [4.69, 9.17) is 4.74 Å². The molecule has 0 unspecified atom stereocenters. The van der Waals surface area contributed by atoms with Crippen molar-refractivity contribution in [3.05, 3.63) is 34.8 Å². The van der Waals surface area contributed by atoms with Gasteiger partial charge in [0.25, 0.3) is 0 Å². The Morgan fingerprint density at radius 2 is 2.39 bits per heavy atom. The fraction of sp³-hybridized carbons (Fsp3) is 0.167. The molecule has 3 aromatic rings. The summed E-state index contributed by atoms with van der Waals surface area (Å²) in [6, 6.07) is 4.00. The first-order chi connectivity index (χ1) is 8.79. The van der Waals surface area contributed by atoms with Gasteiger partial charge >= 0.3 is 5.97 Å². The van der Waals surface area contributed by atoms with Crippen molar-refractivity contribution >= 4 is 33.6 Å². The Kier molecular flexibility index (Phi) is 2.89. The number of esters is 1. The van der Waals surface area contributed by atoms with Crippen LogP contribution in [0.25, 0.3) is 15.5 Å². The smallest absolute Gasteiger partial charge is 0.356 e. The van der Waals surface area contributed by atoms with Gasteiger partial charge in [0.05, 0.1) is 11.5 Å². The lowest BCUT2D eigenvalue weighted by Crippen LogP contribution is -2.06. The summed E-state index contributed by atoms with van der Waals surface area (Å²) in [5.74, 6) is -0.307. The second-order valence-electron chi connectivity index (χ2n) is 3.60. The number of carbonyl (C=O) groups excluding carboxylic acids is 1. The van der Waals surface area contributed by atoms with Gasteiger partial charge in [0.1, 0.15) is 11.4 Å². The second kappa shape index (κ2) is 4.55. The maximum Gasteiger partial charge on any atom is 0.356 e. The van der Waals surface area contributed by atoms with Crippen LogP contribution in [0.15, 0.2) is 29.1 Å². The Morgan fingerprint density at radius 1 is 1.50 bits per heavy atom. The van der Waals surface area contributed by atoms with Crippen molar-refractivity contribution in [3.63, 3.8) is 0 Å². The average Bonchev–Trinajstić information content (AvgIpc) is 3.04. The molecule has 0 fully saturated rings. The lowest BCUT2D eigenvalue weighted by molar-refractivity contribution is 0.0518. The van der Waals surface area contributed by atoms with Crippen LogP contribution in [0, 0.1) is 0 Å². The molecule has 0 saturated heterocycles. The number of rotatable bonds is 3. The maximum atomic E-state index is 11.8. The number of hydrogen-bond acceptors (Lipinski definition) is 5. The number of ether oxygens (including phenoxy) is 1. The normalized spacial score (nSPS) is 10.9. The first-order valence-corrected chi connectivity index (χ1v) is 7.23.